The molecule has 0 aliphatic rings. The van der Waals surface area contributed by atoms with Crippen molar-refractivity contribution in [3.63, 3.8) is 0 Å². The van der Waals surface area contributed by atoms with Gasteiger partial charge < -0.3 is 9.52 Å². The van der Waals surface area contributed by atoms with Gasteiger partial charge in [0.05, 0.1) is 22.2 Å². The van der Waals surface area contributed by atoms with Crippen LogP contribution in [-0.2, 0) is 21.0 Å². The molecule has 0 N–H and O–H groups in total. The summed E-state index contributed by atoms with van der Waals surface area (Å²) in [5.74, 6) is -0.765. The Balaban J connectivity index is 0.00000363. The zero-order valence-corrected chi connectivity index (χ0v) is 20.7. The van der Waals surface area contributed by atoms with E-state index in [1.54, 1.807) is 19.1 Å². The Morgan fingerprint density at radius 3 is 2.22 bits per heavy atom. The van der Waals surface area contributed by atoms with Gasteiger partial charge in [-0.15, -0.1) is 0 Å². The molecule has 0 bridgehead atoms. The van der Waals surface area contributed by atoms with Crippen LogP contribution in [0.3, 0.4) is 0 Å². The molecule has 0 radical (unpaired) electrons. The summed E-state index contributed by atoms with van der Waals surface area (Å²) >= 11 is 5.86. The molecular weight excluding hydrogens is 478 g/mol. The van der Waals surface area contributed by atoms with Crippen molar-refractivity contribution in [1.29, 1.82) is 0 Å². The molecule has 0 spiro atoms. The molecule has 1 heterocycles. The number of benzene rings is 2. The van der Waals surface area contributed by atoms with Crippen LogP contribution in [0.4, 0.5) is 13.2 Å². The Bertz CT molecular complexity index is 1200. The molecule has 0 saturated heterocycles. The fourth-order valence-electron chi connectivity index (χ4n) is 2.75. The number of halogens is 4. The average Bonchev–Trinajstić information content (AvgIpc) is 3.14. The Kier molecular flexibility index (Phi) is 8.57. The van der Waals surface area contributed by atoms with Gasteiger partial charge in [-0.2, -0.15) is 18.3 Å². The molecule has 0 saturated carbocycles. The molecule has 164 valence electrons. The molecule has 1 aromatic heterocycles. The molecular formula is C20H16ClF3N3NaO3S. The van der Waals surface area contributed by atoms with E-state index >= 15 is 0 Å². The Labute approximate surface area is 210 Å². The maximum atomic E-state index is 13.3. The van der Waals surface area contributed by atoms with Gasteiger partial charge in [-0.3, -0.25) is 0 Å². The monoisotopic (exact) mass is 493 g/mol. The first-order chi connectivity index (χ1) is 14.5. The van der Waals surface area contributed by atoms with Crippen molar-refractivity contribution < 1.29 is 55.9 Å². The van der Waals surface area contributed by atoms with Crippen LogP contribution in [0.5, 0.6) is 0 Å². The van der Waals surface area contributed by atoms with Crippen molar-refractivity contribution in [3.05, 3.63) is 70.0 Å². The van der Waals surface area contributed by atoms with E-state index in [9.17, 15) is 26.4 Å². The number of hydrogen-bond acceptors (Lipinski definition) is 4. The van der Waals surface area contributed by atoms with Gasteiger partial charge in [0.1, 0.15) is 10.0 Å². The van der Waals surface area contributed by atoms with Gasteiger partial charge in [0.15, 0.2) is 5.69 Å². The first-order valence-electron chi connectivity index (χ1n) is 9.06. The van der Waals surface area contributed by atoms with E-state index in [1.165, 1.54) is 24.3 Å². The van der Waals surface area contributed by atoms with E-state index in [-0.39, 0.29) is 52.3 Å². The topological polar surface area (TPSA) is 83.1 Å². The van der Waals surface area contributed by atoms with Crippen LogP contribution in [0, 0.1) is 0 Å². The number of amides is 1. The Morgan fingerprint density at radius 1 is 1.09 bits per heavy atom. The van der Waals surface area contributed by atoms with Crippen LogP contribution in [0.2, 0.25) is 5.02 Å². The van der Waals surface area contributed by atoms with E-state index in [0.717, 1.165) is 22.9 Å². The minimum Gasteiger partial charge on any atom is -0.542 e. The summed E-state index contributed by atoms with van der Waals surface area (Å²) in [6.45, 7) is 1.71. The summed E-state index contributed by atoms with van der Waals surface area (Å²) in [6.07, 6.45) is -4.23. The van der Waals surface area contributed by atoms with E-state index < -0.39 is 27.8 Å². The van der Waals surface area contributed by atoms with Gasteiger partial charge in [-0.1, -0.05) is 37.1 Å². The van der Waals surface area contributed by atoms with Crippen LogP contribution in [0.1, 0.15) is 25.5 Å². The molecule has 0 atom stereocenters. The quantitative estimate of drug-likeness (QED) is 0.494. The fourth-order valence-corrected chi connectivity index (χ4v) is 3.82. The molecule has 3 aromatic rings. The molecule has 6 nitrogen and oxygen atoms in total. The van der Waals surface area contributed by atoms with Crippen molar-refractivity contribution in [3.8, 4) is 16.9 Å². The third kappa shape index (κ3) is 6.14. The van der Waals surface area contributed by atoms with Crippen LogP contribution in [-0.4, -0.2) is 24.1 Å². The maximum Gasteiger partial charge on any atom is 1.00 e. The average molecular weight is 494 g/mol. The van der Waals surface area contributed by atoms with Gasteiger partial charge in [0.2, 0.25) is 0 Å². The number of hydrogen-bond donors (Lipinski definition) is 0. The van der Waals surface area contributed by atoms with Crippen LogP contribution >= 0.6 is 11.6 Å². The van der Waals surface area contributed by atoms with Crippen LogP contribution in [0.15, 0.2) is 59.5 Å². The summed E-state index contributed by atoms with van der Waals surface area (Å²) in [4.78, 5) is 11.3. The fraction of sp³-hybridized carbons (Fsp3) is 0.200. The van der Waals surface area contributed by atoms with Gasteiger partial charge in [0.25, 0.3) is 0 Å². The predicted molar refractivity (Wildman–Crippen MR) is 109 cm³/mol. The van der Waals surface area contributed by atoms with Crippen molar-refractivity contribution >= 4 is 27.5 Å². The van der Waals surface area contributed by atoms with Gasteiger partial charge in [0, 0.05) is 10.6 Å². The number of rotatable bonds is 6. The molecule has 0 aliphatic heterocycles. The molecule has 1 amide bonds. The SMILES string of the molecule is CCCC(=O)[N-]S(=O)(=O)c1ccc(-n2nc(C(F)(F)F)cc2-c2ccc(Cl)cc2)cc1.[Na+]. The number of sulfonamides is 1. The molecule has 32 heavy (non-hydrogen) atoms. The summed E-state index contributed by atoms with van der Waals surface area (Å²) in [6, 6.07) is 12.0. The second-order valence-corrected chi connectivity index (χ2v) is 8.58. The summed E-state index contributed by atoms with van der Waals surface area (Å²) in [5.41, 5.74) is -0.333. The first-order valence-corrected chi connectivity index (χ1v) is 10.9. The molecule has 0 fully saturated rings. The van der Waals surface area contributed by atoms with E-state index in [0.29, 0.717) is 17.0 Å². The molecule has 2 aromatic carbocycles. The van der Waals surface area contributed by atoms with E-state index in [4.69, 9.17) is 11.6 Å². The van der Waals surface area contributed by atoms with Gasteiger partial charge in [-0.05, 0) is 48.9 Å². The maximum absolute atomic E-state index is 13.3. The van der Waals surface area contributed by atoms with Crippen molar-refractivity contribution in [1.82, 2.24) is 9.78 Å². The summed E-state index contributed by atoms with van der Waals surface area (Å²) < 4.78 is 68.6. The summed E-state index contributed by atoms with van der Waals surface area (Å²) in [7, 11) is -4.21. The minimum atomic E-state index is -4.67. The molecule has 12 heteroatoms. The van der Waals surface area contributed by atoms with E-state index in [1.807, 2.05) is 0 Å². The van der Waals surface area contributed by atoms with Gasteiger partial charge in [-0.25, -0.2) is 13.1 Å². The smallest absolute Gasteiger partial charge is 0.542 e. The molecule has 0 unspecified atom stereocenters. The minimum absolute atomic E-state index is 0. The van der Waals surface area contributed by atoms with Gasteiger partial charge >= 0.3 is 35.7 Å². The summed E-state index contributed by atoms with van der Waals surface area (Å²) in [5, 5.41) is 4.07. The Morgan fingerprint density at radius 2 is 1.69 bits per heavy atom. The number of carbonyl (C=O) groups excluding carboxylic acids is 1. The Hall–Kier alpha value is -1.85. The third-order valence-corrected chi connectivity index (χ3v) is 5.77. The normalized spacial score (nSPS) is 11.7. The number of alkyl halides is 3. The molecule has 0 aliphatic carbocycles. The van der Waals surface area contributed by atoms with Crippen LogP contribution in [0.25, 0.3) is 21.7 Å². The zero-order valence-electron chi connectivity index (χ0n) is 17.1. The zero-order chi connectivity index (χ0) is 22.8. The molecule has 3 rings (SSSR count). The predicted octanol–water partition coefficient (Wildman–Crippen LogP) is 2.60. The van der Waals surface area contributed by atoms with Crippen LogP contribution < -0.4 is 29.6 Å². The second kappa shape index (κ2) is 10.4. The number of nitrogens with zero attached hydrogens (tertiary/aromatic N) is 3. The van der Waals surface area contributed by atoms with E-state index in [2.05, 4.69) is 9.82 Å². The first kappa shape index (κ1) is 26.4. The largest absolute Gasteiger partial charge is 1.00 e. The standard InChI is InChI=1S/C20H17ClF3N3O3S.Na/c1-2-3-19(28)26-31(29,30)16-10-8-15(9-11-16)27-17(12-18(25-27)20(22,23)24)13-4-6-14(21)7-5-13;/h4-12H,2-3H2,1H3,(H,26,28);/q;+1/p-1. The van der Waals surface area contributed by atoms with Crippen molar-refractivity contribution in [2.24, 2.45) is 0 Å². The van der Waals surface area contributed by atoms with Crippen molar-refractivity contribution in [2.75, 3.05) is 0 Å². The third-order valence-electron chi connectivity index (χ3n) is 4.20. The van der Waals surface area contributed by atoms with Crippen molar-refractivity contribution in [2.45, 2.75) is 30.8 Å². The number of carbonyl (C=O) groups is 1. The number of aromatic nitrogens is 2. The second-order valence-electron chi connectivity index (χ2n) is 6.54.